The highest BCUT2D eigenvalue weighted by atomic mass is 16.5. The molecule has 88 valence electrons. The van der Waals surface area contributed by atoms with Gasteiger partial charge in [-0.25, -0.2) is 0 Å². The van der Waals surface area contributed by atoms with Crippen molar-refractivity contribution in [2.45, 2.75) is 43.9 Å². The van der Waals surface area contributed by atoms with Crippen molar-refractivity contribution in [2.24, 2.45) is 0 Å². The van der Waals surface area contributed by atoms with E-state index in [4.69, 9.17) is 4.52 Å². The largest absolute Gasteiger partial charge is 0.339 e. The van der Waals surface area contributed by atoms with Crippen LogP contribution in [0.25, 0.3) is 0 Å². The Morgan fingerprint density at radius 1 is 1.29 bits per heavy atom. The highest BCUT2D eigenvalue weighted by molar-refractivity contribution is 5.29. The first-order chi connectivity index (χ1) is 8.42. The van der Waals surface area contributed by atoms with Crippen LogP contribution in [-0.4, -0.2) is 20.3 Å². The molecule has 1 atom stereocenters. The number of aromatic nitrogens is 4. The minimum Gasteiger partial charge on any atom is -0.339 e. The van der Waals surface area contributed by atoms with E-state index in [1.807, 2.05) is 6.20 Å². The van der Waals surface area contributed by atoms with E-state index in [2.05, 4.69) is 20.3 Å². The minimum atomic E-state index is 0.248. The zero-order valence-corrected chi connectivity index (χ0v) is 9.52. The molecule has 1 unspecified atom stereocenters. The summed E-state index contributed by atoms with van der Waals surface area (Å²) in [6.45, 7) is 0. The van der Waals surface area contributed by atoms with Gasteiger partial charge in [0.05, 0.1) is 12.1 Å². The van der Waals surface area contributed by atoms with Crippen molar-refractivity contribution in [1.82, 2.24) is 20.3 Å². The van der Waals surface area contributed by atoms with E-state index in [-0.39, 0.29) is 5.92 Å². The van der Waals surface area contributed by atoms with Gasteiger partial charge in [0, 0.05) is 17.2 Å². The molecular weight excluding hydrogens is 216 g/mol. The second-order valence-electron chi connectivity index (χ2n) is 5.01. The minimum absolute atomic E-state index is 0.248. The van der Waals surface area contributed by atoms with Gasteiger partial charge >= 0.3 is 0 Å². The number of aryl methyl sites for hydroxylation is 1. The highest BCUT2D eigenvalue weighted by Gasteiger charge is 2.32. The van der Waals surface area contributed by atoms with Crippen LogP contribution in [0.3, 0.4) is 0 Å². The molecule has 0 bridgehead atoms. The second-order valence-corrected chi connectivity index (χ2v) is 5.01. The second kappa shape index (κ2) is 3.42. The molecule has 2 aliphatic rings. The number of hydrogen-bond donors (Lipinski definition) is 1. The van der Waals surface area contributed by atoms with Crippen molar-refractivity contribution in [1.29, 1.82) is 0 Å². The van der Waals surface area contributed by atoms with Gasteiger partial charge in [-0.3, -0.25) is 5.10 Å². The van der Waals surface area contributed by atoms with Crippen LogP contribution in [0.1, 0.15) is 60.5 Å². The van der Waals surface area contributed by atoms with Crippen LogP contribution in [-0.2, 0) is 6.42 Å². The van der Waals surface area contributed by atoms with Gasteiger partial charge in [0.25, 0.3) is 0 Å². The Morgan fingerprint density at radius 2 is 2.24 bits per heavy atom. The molecule has 17 heavy (non-hydrogen) atoms. The maximum atomic E-state index is 5.43. The third-order valence-corrected chi connectivity index (χ3v) is 3.74. The monoisotopic (exact) mass is 230 g/mol. The molecule has 0 radical (unpaired) electrons. The van der Waals surface area contributed by atoms with E-state index in [1.165, 1.54) is 24.1 Å². The third-order valence-electron chi connectivity index (χ3n) is 3.74. The Labute approximate surface area is 98.6 Å². The number of rotatable bonds is 2. The lowest BCUT2D eigenvalue weighted by atomic mass is 9.87. The van der Waals surface area contributed by atoms with E-state index in [0.29, 0.717) is 5.92 Å². The molecule has 0 aromatic carbocycles. The van der Waals surface area contributed by atoms with Crippen LogP contribution in [0.5, 0.6) is 0 Å². The topological polar surface area (TPSA) is 67.6 Å². The molecule has 5 heteroatoms. The van der Waals surface area contributed by atoms with Crippen molar-refractivity contribution in [2.75, 3.05) is 0 Å². The van der Waals surface area contributed by atoms with Gasteiger partial charge in [-0.15, -0.1) is 0 Å². The Morgan fingerprint density at radius 3 is 3.12 bits per heavy atom. The molecule has 5 nitrogen and oxygen atoms in total. The van der Waals surface area contributed by atoms with Crippen molar-refractivity contribution in [3.05, 3.63) is 29.2 Å². The summed E-state index contributed by atoms with van der Waals surface area (Å²) in [5.74, 6) is 2.47. The summed E-state index contributed by atoms with van der Waals surface area (Å²) in [5.41, 5.74) is 2.47. The van der Waals surface area contributed by atoms with Crippen molar-refractivity contribution in [3.63, 3.8) is 0 Å². The first-order valence-corrected chi connectivity index (χ1v) is 6.27. The predicted molar refractivity (Wildman–Crippen MR) is 59.6 cm³/mol. The first-order valence-electron chi connectivity index (χ1n) is 6.27. The zero-order valence-electron chi connectivity index (χ0n) is 9.52. The van der Waals surface area contributed by atoms with Crippen LogP contribution in [0.4, 0.5) is 0 Å². The van der Waals surface area contributed by atoms with Gasteiger partial charge in [-0.05, 0) is 32.1 Å². The SMILES string of the molecule is c1n[nH]c2c1C(c1nc(C3CC3)no1)CCC2. The van der Waals surface area contributed by atoms with Crippen LogP contribution < -0.4 is 0 Å². The van der Waals surface area contributed by atoms with Gasteiger partial charge in [-0.2, -0.15) is 10.1 Å². The average Bonchev–Trinajstić information content (AvgIpc) is 2.93. The standard InChI is InChI=1S/C12H14N4O/c1-2-8(9-6-13-15-10(9)3-1)12-14-11(16-17-12)7-4-5-7/h6-8H,1-5H2,(H,13,15). The molecular formula is C12H14N4O. The van der Waals surface area contributed by atoms with Crippen LogP contribution >= 0.6 is 0 Å². The lowest BCUT2D eigenvalue weighted by Crippen LogP contribution is -2.10. The molecule has 0 amide bonds. The maximum absolute atomic E-state index is 5.43. The predicted octanol–water partition coefficient (Wildman–Crippen LogP) is 2.14. The molecule has 2 heterocycles. The summed E-state index contributed by atoms with van der Waals surface area (Å²) >= 11 is 0. The summed E-state index contributed by atoms with van der Waals surface area (Å²) < 4.78 is 5.43. The zero-order chi connectivity index (χ0) is 11.2. The molecule has 1 N–H and O–H groups in total. The number of nitrogens with zero attached hydrogens (tertiary/aromatic N) is 3. The smallest absolute Gasteiger partial charge is 0.234 e. The average molecular weight is 230 g/mol. The number of hydrogen-bond acceptors (Lipinski definition) is 4. The van der Waals surface area contributed by atoms with Crippen molar-refractivity contribution >= 4 is 0 Å². The van der Waals surface area contributed by atoms with Crippen LogP contribution in [0, 0.1) is 0 Å². The van der Waals surface area contributed by atoms with E-state index in [9.17, 15) is 0 Å². The molecule has 2 aromatic rings. The van der Waals surface area contributed by atoms with E-state index >= 15 is 0 Å². The third kappa shape index (κ3) is 1.49. The maximum Gasteiger partial charge on any atom is 0.234 e. The van der Waals surface area contributed by atoms with Gasteiger partial charge in [0.1, 0.15) is 0 Å². The van der Waals surface area contributed by atoms with Gasteiger partial charge in [-0.1, -0.05) is 5.16 Å². The van der Waals surface area contributed by atoms with E-state index in [1.54, 1.807) is 0 Å². The lowest BCUT2D eigenvalue weighted by molar-refractivity contribution is 0.350. The molecule has 0 saturated heterocycles. The van der Waals surface area contributed by atoms with E-state index < -0.39 is 0 Å². The molecule has 2 aliphatic carbocycles. The molecule has 4 rings (SSSR count). The number of fused-ring (bicyclic) bond motifs is 1. The molecule has 1 fully saturated rings. The summed E-state index contributed by atoms with van der Waals surface area (Å²) in [6, 6.07) is 0. The molecule has 0 aliphatic heterocycles. The lowest BCUT2D eigenvalue weighted by Gasteiger charge is -2.17. The number of H-pyrrole nitrogens is 1. The normalized spacial score (nSPS) is 23.6. The summed E-state index contributed by atoms with van der Waals surface area (Å²) in [5, 5.41) is 11.3. The van der Waals surface area contributed by atoms with Gasteiger partial charge in [0.15, 0.2) is 5.82 Å². The quantitative estimate of drug-likeness (QED) is 0.858. The van der Waals surface area contributed by atoms with Crippen LogP contribution in [0.15, 0.2) is 10.7 Å². The highest BCUT2D eigenvalue weighted by Crippen LogP contribution is 2.40. The van der Waals surface area contributed by atoms with Crippen LogP contribution in [0.2, 0.25) is 0 Å². The Bertz CT molecular complexity index is 540. The first kappa shape index (κ1) is 9.39. The van der Waals surface area contributed by atoms with Crippen molar-refractivity contribution < 1.29 is 4.52 Å². The van der Waals surface area contributed by atoms with Gasteiger partial charge in [0.2, 0.25) is 5.89 Å². The molecule has 0 spiro atoms. The Balaban J connectivity index is 1.70. The van der Waals surface area contributed by atoms with E-state index in [0.717, 1.165) is 31.0 Å². The Kier molecular flexibility index (Phi) is 1.89. The van der Waals surface area contributed by atoms with Gasteiger partial charge < -0.3 is 4.52 Å². The van der Waals surface area contributed by atoms with Crippen molar-refractivity contribution in [3.8, 4) is 0 Å². The number of aromatic amines is 1. The molecule has 2 aromatic heterocycles. The fourth-order valence-corrected chi connectivity index (χ4v) is 2.61. The summed E-state index contributed by atoms with van der Waals surface area (Å²) in [6.07, 6.45) is 7.64. The molecule has 1 saturated carbocycles. The summed E-state index contributed by atoms with van der Waals surface area (Å²) in [7, 11) is 0. The summed E-state index contributed by atoms with van der Waals surface area (Å²) in [4.78, 5) is 4.55. The fourth-order valence-electron chi connectivity index (χ4n) is 2.61. The number of nitrogens with one attached hydrogen (secondary N) is 1. The Hall–Kier alpha value is -1.65. The fraction of sp³-hybridized carbons (Fsp3) is 0.583.